The third-order valence-electron chi connectivity index (χ3n) is 2.40. The zero-order chi connectivity index (χ0) is 14.0. The number of aliphatic hydroxyl groups excluding tert-OH is 1. The Bertz CT molecular complexity index is 639. The van der Waals surface area contributed by atoms with Crippen molar-refractivity contribution in [1.82, 2.24) is 10.3 Å². The number of nitrogens with zero attached hydrogens (tertiary/aromatic N) is 3. The number of non-ortho nitro benzene ring substituents is 1. The standard InChI is InChI=1S/C9H8N4O6/c14-3-5(9(15)16)10-4-1-2-6(13(17)18)8-7(4)11-19-12-8/h1-2,5,10,14H,3H2,(H,15,16)/t5-/m1/s1. The maximum atomic E-state index is 10.8. The average Bonchev–Trinajstić information content (AvgIpc) is 2.84. The molecule has 0 radical (unpaired) electrons. The van der Waals surface area contributed by atoms with Gasteiger partial charge in [0.15, 0.2) is 5.52 Å². The van der Waals surface area contributed by atoms with E-state index in [9.17, 15) is 14.9 Å². The van der Waals surface area contributed by atoms with Crippen molar-refractivity contribution >= 4 is 28.4 Å². The number of hydrogen-bond acceptors (Lipinski definition) is 8. The number of nitro benzene ring substituents is 1. The molecule has 1 aromatic carbocycles. The van der Waals surface area contributed by atoms with Crippen molar-refractivity contribution in [3.63, 3.8) is 0 Å². The minimum absolute atomic E-state index is 0.0221. The highest BCUT2D eigenvalue weighted by molar-refractivity contribution is 5.94. The summed E-state index contributed by atoms with van der Waals surface area (Å²) in [6.45, 7) is -0.654. The maximum Gasteiger partial charge on any atom is 0.328 e. The molecule has 1 aromatic heterocycles. The van der Waals surface area contributed by atoms with Crippen LogP contribution in [0.4, 0.5) is 11.4 Å². The molecule has 0 amide bonds. The summed E-state index contributed by atoms with van der Waals surface area (Å²) >= 11 is 0. The lowest BCUT2D eigenvalue weighted by atomic mass is 10.2. The lowest BCUT2D eigenvalue weighted by Crippen LogP contribution is -2.32. The Hall–Kier alpha value is -2.75. The van der Waals surface area contributed by atoms with Gasteiger partial charge >= 0.3 is 11.7 Å². The lowest BCUT2D eigenvalue weighted by molar-refractivity contribution is -0.383. The van der Waals surface area contributed by atoms with E-state index < -0.39 is 23.5 Å². The van der Waals surface area contributed by atoms with Gasteiger partial charge in [-0.1, -0.05) is 0 Å². The van der Waals surface area contributed by atoms with Crippen molar-refractivity contribution in [3.8, 4) is 0 Å². The first-order valence-electron chi connectivity index (χ1n) is 5.04. The molecule has 2 aromatic rings. The third-order valence-corrected chi connectivity index (χ3v) is 2.40. The predicted octanol–water partition coefficient (Wildman–Crippen LogP) is -0.0116. The van der Waals surface area contributed by atoms with Crippen LogP contribution in [0.5, 0.6) is 0 Å². The van der Waals surface area contributed by atoms with Crippen molar-refractivity contribution in [3.05, 3.63) is 22.2 Å². The highest BCUT2D eigenvalue weighted by Crippen LogP contribution is 2.28. The molecule has 10 nitrogen and oxygen atoms in total. The molecule has 0 unspecified atom stereocenters. The van der Waals surface area contributed by atoms with Gasteiger partial charge in [0.25, 0.3) is 0 Å². The SMILES string of the molecule is O=C(O)[C@@H](CO)Nc1ccc([N+](=O)[O-])c2nonc12. The van der Waals surface area contributed by atoms with E-state index in [-0.39, 0.29) is 22.4 Å². The Kier molecular flexibility index (Phi) is 3.25. The molecule has 0 saturated heterocycles. The zero-order valence-electron chi connectivity index (χ0n) is 9.31. The van der Waals surface area contributed by atoms with Crippen molar-refractivity contribution in [2.24, 2.45) is 0 Å². The molecule has 0 saturated carbocycles. The number of hydrogen-bond donors (Lipinski definition) is 3. The first-order chi connectivity index (χ1) is 9.04. The smallest absolute Gasteiger partial charge is 0.328 e. The summed E-state index contributed by atoms with van der Waals surface area (Å²) in [7, 11) is 0. The lowest BCUT2D eigenvalue weighted by Gasteiger charge is -2.12. The Morgan fingerprint density at radius 2 is 2.16 bits per heavy atom. The predicted molar refractivity (Wildman–Crippen MR) is 60.6 cm³/mol. The van der Waals surface area contributed by atoms with E-state index >= 15 is 0 Å². The number of carboxylic acid groups (broad SMARTS) is 1. The molecular formula is C9H8N4O6. The normalized spacial score (nSPS) is 12.3. The van der Waals surface area contributed by atoms with Crippen molar-refractivity contribution in [2.75, 3.05) is 11.9 Å². The third kappa shape index (κ3) is 2.28. The van der Waals surface area contributed by atoms with Gasteiger partial charge in [-0.2, -0.15) is 0 Å². The molecule has 1 atom stereocenters. The molecule has 3 N–H and O–H groups in total. The van der Waals surface area contributed by atoms with Gasteiger partial charge in [0.2, 0.25) is 5.52 Å². The average molecular weight is 268 g/mol. The largest absolute Gasteiger partial charge is 0.480 e. The van der Waals surface area contributed by atoms with E-state index in [2.05, 4.69) is 20.3 Å². The quantitative estimate of drug-likeness (QED) is 0.501. The van der Waals surface area contributed by atoms with E-state index in [1.165, 1.54) is 6.07 Å². The number of benzene rings is 1. The van der Waals surface area contributed by atoms with E-state index in [0.29, 0.717) is 0 Å². The maximum absolute atomic E-state index is 10.8. The van der Waals surface area contributed by atoms with Gasteiger partial charge in [-0.05, 0) is 16.4 Å². The number of carbonyl (C=O) groups is 1. The first kappa shape index (κ1) is 12.7. The van der Waals surface area contributed by atoms with Crippen LogP contribution in [0.2, 0.25) is 0 Å². The summed E-state index contributed by atoms with van der Waals surface area (Å²) < 4.78 is 4.42. The monoisotopic (exact) mass is 268 g/mol. The molecule has 19 heavy (non-hydrogen) atoms. The molecule has 0 bridgehead atoms. The molecule has 1 heterocycles. The molecule has 100 valence electrons. The fourth-order valence-corrected chi connectivity index (χ4v) is 1.49. The fraction of sp³-hybridized carbons (Fsp3) is 0.222. The minimum Gasteiger partial charge on any atom is -0.480 e. The molecule has 2 rings (SSSR count). The Balaban J connectivity index is 2.46. The topological polar surface area (TPSA) is 152 Å². The van der Waals surface area contributed by atoms with E-state index in [4.69, 9.17) is 10.2 Å². The Labute approximate surface area is 104 Å². The molecular weight excluding hydrogens is 260 g/mol. The highest BCUT2D eigenvalue weighted by atomic mass is 16.6. The second-order valence-electron chi connectivity index (χ2n) is 3.57. The second-order valence-corrected chi connectivity index (χ2v) is 3.57. The van der Waals surface area contributed by atoms with Crippen LogP contribution in [-0.4, -0.2) is 44.1 Å². The van der Waals surface area contributed by atoms with Gasteiger partial charge in [0, 0.05) is 6.07 Å². The van der Waals surface area contributed by atoms with Crippen molar-refractivity contribution in [2.45, 2.75) is 6.04 Å². The molecule has 0 aliphatic rings. The van der Waals surface area contributed by atoms with Gasteiger partial charge in [-0.15, -0.1) is 0 Å². The van der Waals surface area contributed by atoms with Gasteiger partial charge in [0.05, 0.1) is 17.2 Å². The summed E-state index contributed by atoms with van der Waals surface area (Å²) in [6.07, 6.45) is 0. The summed E-state index contributed by atoms with van der Waals surface area (Å²) in [5.74, 6) is -1.27. The summed E-state index contributed by atoms with van der Waals surface area (Å²) in [5.41, 5.74) is -0.216. The van der Waals surface area contributed by atoms with Crippen molar-refractivity contribution < 1.29 is 24.6 Å². The molecule has 10 heteroatoms. The Morgan fingerprint density at radius 3 is 2.74 bits per heavy atom. The Morgan fingerprint density at radius 1 is 1.47 bits per heavy atom. The number of fused-ring (bicyclic) bond motifs is 1. The summed E-state index contributed by atoms with van der Waals surface area (Å²) in [4.78, 5) is 20.9. The minimum atomic E-state index is -1.27. The van der Waals surface area contributed by atoms with Crippen LogP contribution in [0.15, 0.2) is 16.8 Å². The van der Waals surface area contributed by atoms with E-state index in [1.807, 2.05) is 0 Å². The van der Waals surface area contributed by atoms with Crippen LogP contribution in [0.3, 0.4) is 0 Å². The summed E-state index contributed by atoms with van der Waals surface area (Å²) in [5, 5.41) is 37.8. The van der Waals surface area contributed by atoms with E-state index in [1.54, 1.807) is 0 Å². The number of carboxylic acids is 1. The van der Waals surface area contributed by atoms with Gasteiger partial charge < -0.3 is 15.5 Å². The number of rotatable bonds is 5. The summed E-state index contributed by atoms with van der Waals surface area (Å²) in [6, 6.07) is 1.16. The number of nitro groups is 1. The van der Waals surface area contributed by atoms with Crippen LogP contribution in [0.25, 0.3) is 11.0 Å². The van der Waals surface area contributed by atoms with Gasteiger partial charge in [-0.3, -0.25) is 10.1 Å². The number of aliphatic carboxylic acids is 1. The molecule has 0 fully saturated rings. The van der Waals surface area contributed by atoms with Crippen molar-refractivity contribution in [1.29, 1.82) is 0 Å². The number of nitrogens with one attached hydrogen (secondary N) is 1. The van der Waals surface area contributed by atoms with Crippen LogP contribution in [0.1, 0.15) is 0 Å². The molecule has 0 aliphatic carbocycles. The van der Waals surface area contributed by atoms with Gasteiger partial charge in [-0.25, -0.2) is 9.42 Å². The van der Waals surface area contributed by atoms with E-state index in [0.717, 1.165) is 6.07 Å². The van der Waals surface area contributed by atoms with Crippen LogP contribution in [-0.2, 0) is 4.79 Å². The first-order valence-corrected chi connectivity index (χ1v) is 5.04. The van der Waals surface area contributed by atoms with Crippen LogP contribution < -0.4 is 5.32 Å². The fourth-order valence-electron chi connectivity index (χ4n) is 1.49. The molecule has 0 spiro atoms. The number of aromatic nitrogens is 2. The second kappa shape index (κ2) is 4.86. The van der Waals surface area contributed by atoms with Gasteiger partial charge in [0.1, 0.15) is 6.04 Å². The molecule has 0 aliphatic heterocycles. The number of aliphatic hydroxyl groups is 1. The van der Waals surface area contributed by atoms with Crippen LogP contribution >= 0.6 is 0 Å². The highest BCUT2D eigenvalue weighted by Gasteiger charge is 2.22. The zero-order valence-corrected chi connectivity index (χ0v) is 9.31. The number of anilines is 1. The van der Waals surface area contributed by atoms with Crippen LogP contribution in [0, 0.1) is 10.1 Å².